The van der Waals surface area contributed by atoms with Gasteiger partial charge in [0, 0.05) is 11.8 Å². The van der Waals surface area contributed by atoms with Gasteiger partial charge in [-0.05, 0) is 44.2 Å². The molecule has 0 N–H and O–H groups in total. The molecule has 0 aliphatic carbocycles. The normalized spacial score (nSPS) is 14.8. The highest BCUT2D eigenvalue weighted by Gasteiger charge is 2.15. The van der Waals surface area contributed by atoms with E-state index in [1.54, 1.807) is 0 Å². The number of thioether (sulfide) groups is 1. The van der Waals surface area contributed by atoms with Gasteiger partial charge in [-0.3, -0.25) is 0 Å². The first kappa shape index (κ1) is 14.7. The van der Waals surface area contributed by atoms with Crippen molar-refractivity contribution in [3.8, 4) is 0 Å². The number of imidazole rings is 1. The van der Waals surface area contributed by atoms with Crippen molar-refractivity contribution in [2.75, 3.05) is 6.26 Å². The SMILES string of the molecule is CSC(C)CCn1c(C(C)Cl)nc2ccc(C)cc21. The molecule has 0 bridgehead atoms. The number of nitrogens with zero attached hydrogens (tertiary/aromatic N) is 2. The number of fused-ring (bicyclic) bond motifs is 1. The van der Waals surface area contributed by atoms with Crippen LogP contribution in [-0.4, -0.2) is 21.1 Å². The van der Waals surface area contributed by atoms with E-state index in [9.17, 15) is 0 Å². The first-order valence-corrected chi connectivity index (χ1v) is 8.39. The minimum absolute atomic E-state index is 0.0581. The summed E-state index contributed by atoms with van der Waals surface area (Å²) in [5.41, 5.74) is 3.51. The van der Waals surface area contributed by atoms with Gasteiger partial charge in [0.1, 0.15) is 5.82 Å². The Bertz CT molecular complexity index is 563. The third-order valence-corrected chi connectivity index (χ3v) is 4.69. The van der Waals surface area contributed by atoms with Crippen molar-refractivity contribution in [2.45, 2.75) is 44.4 Å². The Morgan fingerprint density at radius 2 is 2.11 bits per heavy atom. The molecule has 1 heterocycles. The second-order valence-corrected chi connectivity index (χ2v) is 7.00. The Kier molecular flexibility index (Phi) is 4.80. The zero-order chi connectivity index (χ0) is 14.0. The van der Waals surface area contributed by atoms with Gasteiger partial charge >= 0.3 is 0 Å². The molecule has 2 aromatic rings. The van der Waals surface area contributed by atoms with Gasteiger partial charge in [-0.1, -0.05) is 13.0 Å². The van der Waals surface area contributed by atoms with Crippen molar-refractivity contribution in [1.82, 2.24) is 9.55 Å². The van der Waals surface area contributed by atoms with E-state index in [2.05, 4.69) is 47.9 Å². The van der Waals surface area contributed by atoms with Crippen molar-refractivity contribution in [3.05, 3.63) is 29.6 Å². The fourth-order valence-corrected chi connectivity index (χ4v) is 2.73. The third-order valence-electron chi connectivity index (χ3n) is 3.45. The molecule has 0 amide bonds. The Labute approximate surface area is 124 Å². The molecule has 0 saturated carbocycles. The molecular weight excluding hydrogens is 276 g/mol. The van der Waals surface area contributed by atoms with Crippen molar-refractivity contribution < 1.29 is 0 Å². The van der Waals surface area contributed by atoms with E-state index in [4.69, 9.17) is 11.6 Å². The molecular formula is C15H21ClN2S. The highest BCUT2D eigenvalue weighted by molar-refractivity contribution is 7.99. The summed E-state index contributed by atoms with van der Waals surface area (Å²) in [6.07, 6.45) is 3.29. The maximum absolute atomic E-state index is 6.28. The fourth-order valence-electron chi connectivity index (χ4n) is 2.22. The molecule has 2 atom stereocenters. The number of aryl methyl sites for hydroxylation is 2. The van der Waals surface area contributed by atoms with Gasteiger partial charge in [0.05, 0.1) is 16.4 Å². The van der Waals surface area contributed by atoms with E-state index in [0.29, 0.717) is 5.25 Å². The molecule has 0 saturated heterocycles. The van der Waals surface area contributed by atoms with E-state index in [0.717, 1.165) is 24.3 Å². The summed E-state index contributed by atoms with van der Waals surface area (Å²) in [6.45, 7) is 7.35. The first-order chi connectivity index (χ1) is 9.02. The van der Waals surface area contributed by atoms with Crippen molar-refractivity contribution >= 4 is 34.4 Å². The number of hydrogen-bond donors (Lipinski definition) is 0. The highest BCUT2D eigenvalue weighted by atomic mass is 35.5. The Hall–Kier alpha value is -0.670. The van der Waals surface area contributed by atoms with Crippen LogP contribution < -0.4 is 0 Å². The largest absolute Gasteiger partial charge is 0.327 e. The second-order valence-electron chi connectivity index (χ2n) is 5.06. The van der Waals surface area contributed by atoms with Crippen LogP contribution in [0, 0.1) is 6.92 Å². The minimum atomic E-state index is -0.0581. The van der Waals surface area contributed by atoms with Crippen LogP contribution in [-0.2, 0) is 6.54 Å². The van der Waals surface area contributed by atoms with Gasteiger partial charge in [0.25, 0.3) is 0 Å². The zero-order valence-electron chi connectivity index (χ0n) is 12.0. The maximum atomic E-state index is 6.28. The highest BCUT2D eigenvalue weighted by Crippen LogP contribution is 2.26. The lowest BCUT2D eigenvalue weighted by Gasteiger charge is -2.13. The number of hydrogen-bond acceptors (Lipinski definition) is 2. The van der Waals surface area contributed by atoms with Gasteiger partial charge in [-0.2, -0.15) is 11.8 Å². The summed E-state index contributed by atoms with van der Waals surface area (Å²) in [5.74, 6) is 0.982. The summed E-state index contributed by atoms with van der Waals surface area (Å²) in [6, 6.07) is 6.39. The van der Waals surface area contributed by atoms with Crippen LogP contribution in [0.15, 0.2) is 18.2 Å². The zero-order valence-corrected chi connectivity index (χ0v) is 13.6. The predicted octanol–water partition coefficient (Wildman–Crippen LogP) is 4.79. The lowest BCUT2D eigenvalue weighted by atomic mass is 10.2. The molecule has 0 spiro atoms. The Morgan fingerprint density at radius 3 is 2.74 bits per heavy atom. The number of alkyl halides is 1. The number of benzene rings is 1. The topological polar surface area (TPSA) is 17.8 Å². The van der Waals surface area contributed by atoms with Crippen LogP contribution in [0.4, 0.5) is 0 Å². The molecule has 0 radical (unpaired) electrons. The minimum Gasteiger partial charge on any atom is -0.327 e. The number of aromatic nitrogens is 2. The van der Waals surface area contributed by atoms with Gasteiger partial charge in [-0.25, -0.2) is 4.98 Å². The first-order valence-electron chi connectivity index (χ1n) is 6.66. The standard InChI is InChI=1S/C15H21ClN2S/c1-10-5-6-13-14(9-10)18(8-7-11(2)19-4)15(17-13)12(3)16/h5-6,9,11-12H,7-8H2,1-4H3. The van der Waals surface area contributed by atoms with Crippen molar-refractivity contribution in [3.63, 3.8) is 0 Å². The van der Waals surface area contributed by atoms with Crippen molar-refractivity contribution in [1.29, 1.82) is 0 Å². The van der Waals surface area contributed by atoms with Crippen LogP contribution >= 0.6 is 23.4 Å². The molecule has 2 nitrogen and oxygen atoms in total. The molecule has 1 aromatic heterocycles. The molecule has 2 rings (SSSR count). The van der Waals surface area contributed by atoms with Gasteiger partial charge in [0.15, 0.2) is 0 Å². The van der Waals surface area contributed by atoms with E-state index >= 15 is 0 Å². The van der Waals surface area contributed by atoms with E-state index < -0.39 is 0 Å². The fraction of sp³-hybridized carbons (Fsp3) is 0.533. The monoisotopic (exact) mass is 296 g/mol. The predicted molar refractivity (Wildman–Crippen MR) is 86.3 cm³/mol. The van der Waals surface area contributed by atoms with E-state index in [1.165, 1.54) is 11.1 Å². The average Bonchev–Trinajstić information content (AvgIpc) is 2.74. The summed E-state index contributed by atoms with van der Waals surface area (Å²) in [5, 5.41) is 0.595. The molecule has 4 heteroatoms. The smallest absolute Gasteiger partial charge is 0.127 e. The van der Waals surface area contributed by atoms with Crippen LogP contribution in [0.25, 0.3) is 11.0 Å². The quantitative estimate of drug-likeness (QED) is 0.739. The molecule has 0 aliphatic rings. The summed E-state index contributed by atoms with van der Waals surface area (Å²) < 4.78 is 2.28. The molecule has 0 aliphatic heterocycles. The lowest BCUT2D eigenvalue weighted by Crippen LogP contribution is -2.08. The Morgan fingerprint density at radius 1 is 1.37 bits per heavy atom. The molecule has 2 unspecified atom stereocenters. The number of halogens is 1. The Balaban J connectivity index is 2.42. The molecule has 104 valence electrons. The second kappa shape index (κ2) is 6.19. The van der Waals surface area contributed by atoms with E-state index in [1.807, 2.05) is 18.7 Å². The van der Waals surface area contributed by atoms with E-state index in [-0.39, 0.29) is 5.38 Å². The van der Waals surface area contributed by atoms with Gasteiger partial charge in [-0.15, -0.1) is 11.6 Å². The lowest BCUT2D eigenvalue weighted by molar-refractivity contribution is 0.623. The average molecular weight is 297 g/mol. The van der Waals surface area contributed by atoms with Gasteiger partial charge < -0.3 is 4.57 Å². The van der Waals surface area contributed by atoms with Gasteiger partial charge in [0.2, 0.25) is 0 Å². The van der Waals surface area contributed by atoms with Crippen LogP contribution in [0.3, 0.4) is 0 Å². The number of rotatable bonds is 5. The maximum Gasteiger partial charge on any atom is 0.127 e. The molecule has 19 heavy (non-hydrogen) atoms. The third kappa shape index (κ3) is 3.26. The van der Waals surface area contributed by atoms with Crippen LogP contribution in [0.2, 0.25) is 0 Å². The molecule has 0 fully saturated rings. The summed E-state index contributed by atoms with van der Waals surface area (Å²) >= 11 is 8.18. The summed E-state index contributed by atoms with van der Waals surface area (Å²) in [7, 11) is 0. The summed E-state index contributed by atoms with van der Waals surface area (Å²) in [4.78, 5) is 4.68. The van der Waals surface area contributed by atoms with Crippen LogP contribution in [0.1, 0.15) is 37.0 Å². The van der Waals surface area contributed by atoms with Crippen LogP contribution in [0.5, 0.6) is 0 Å². The molecule has 1 aromatic carbocycles. The van der Waals surface area contributed by atoms with Crippen molar-refractivity contribution in [2.24, 2.45) is 0 Å².